The van der Waals surface area contributed by atoms with E-state index in [-0.39, 0.29) is 17.2 Å². The Hall–Kier alpha value is -2.57. The van der Waals surface area contributed by atoms with E-state index in [2.05, 4.69) is 9.97 Å². The third-order valence-corrected chi connectivity index (χ3v) is 2.34. The summed E-state index contributed by atoms with van der Waals surface area (Å²) < 4.78 is 1.72. The van der Waals surface area contributed by atoms with E-state index in [4.69, 9.17) is 10.8 Å². The third-order valence-electron chi connectivity index (χ3n) is 2.34. The Bertz CT molecular complexity index is 596. The second kappa shape index (κ2) is 3.78. The molecule has 2 aromatic rings. The molecule has 2 aromatic heterocycles. The molecule has 0 spiro atoms. The Morgan fingerprint density at radius 1 is 1.53 bits per heavy atom. The largest absolute Gasteiger partial charge is 0.475 e. The molecule has 7 nitrogen and oxygen atoms in total. The van der Waals surface area contributed by atoms with Crippen LogP contribution >= 0.6 is 0 Å². The molecule has 0 aliphatic carbocycles. The number of rotatable bonds is 3. The predicted molar refractivity (Wildman–Crippen MR) is 58.5 cm³/mol. The van der Waals surface area contributed by atoms with Crippen LogP contribution in [-0.2, 0) is 7.05 Å². The minimum Gasteiger partial charge on any atom is -0.475 e. The van der Waals surface area contributed by atoms with Crippen molar-refractivity contribution in [3.05, 3.63) is 29.8 Å². The van der Waals surface area contributed by atoms with E-state index in [1.807, 2.05) is 0 Å². The van der Waals surface area contributed by atoms with Gasteiger partial charge in [-0.3, -0.25) is 4.79 Å². The van der Waals surface area contributed by atoms with Gasteiger partial charge in [-0.15, -0.1) is 0 Å². The predicted octanol–water partition coefficient (Wildman–Crippen LogP) is 0.212. The lowest BCUT2D eigenvalue weighted by atomic mass is 10.2. The van der Waals surface area contributed by atoms with Crippen LogP contribution in [0.25, 0.3) is 11.4 Å². The first kappa shape index (κ1) is 10.9. The number of hydrogen-bond acceptors (Lipinski definition) is 3. The number of hydrogen-bond donors (Lipinski definition) is 3. The second-order valence-corrected chi connectivity index (χ2v) is 3.48. The molecule has 0 saturated carbocycles. The van der Waals surface area contributed by atoms with Crippen LogP contribution in [0.2, 0.25) is 0 Å². The molecule has 17 heavy (non-hydrogen) atoms. The number of carboxylic acids is 1. The average Bonchev–Trinajstić information content (AvgIpc) is 2.82. The molecule has 7 heteroatoms. The quantitative estimate of drug-likeness (QED) is 0.704. The van der Waals surface area contributed by atoms with Gasteiger partial charge in [-0.1, -0.05) is 0 Å². The zero-order valence-electron chi connectivity index (χ0n) is 8.97. The molecule has 0 aliphatic rings. The van der Waals surface area contributed by atoms with Crippen LogP contribution in [0.15, 0.2) is 18.3 Å². The monoisotopic (exact) mass is 234 g/mol. The number of H-pyrrole nitrogens is 1. The van der Waals surface area contributed by atoms with Gasteiger partial charge >= 0.3 is 5.97 Å². The molecule has 0 bridgehead atoms. The molecular weight excluding hydrogens is 224 g/mol. The van der Waals surface area contributed by atoms with Gasteiger partial charge in [0.25, 0.3) is 5.91 Å². The van der Waals surface area contributed by atoms with Crippen molar-refractivity contribution in [2.45, 2.75) is 0 Å². The molecule has 0 atom stereocenters. The second-order valence-electron chi connectivity index (χ2n) is 3.48. The molecule has 0 saturated heterocycles. The van der Waals surface area contributed by atoms with Crippen molar-refractivity contribution in [1.29, 1.82) is 0 Å². The molecular formula is C10H10N4O3. The summed E-state index contributed by atoms with van der Waals surface area (Å²) in [4.78, 5) is 28.3. The molecule has 0 unspecified atom stereocenters. The summed E-state index contributed by atoms with van der Waals surface area (Å²) in [5, 5.41) is 8.82. The van der Waals surface area contributed by atoms with Crippen LogP contribution in [0.5, 0.6) is 0 Å². The van der Waals surface area contributed by atoms with E-state index in [0.717, 1.165) is 0 Å². The highest BCUT2D eigenvalue weighted by Gasteiger charge is 2.20. The minimum atomic E-state index is -1.24. The van der Waals surface area contributed by atoms with Crippen LogP contribution in [0, 0.1) is 0 Å². The molecule has 0 aliphatic heterocycles. The zero-order valence-corrected chi connectivity index (χ0v) is 8.97. The summed E-state index contributed by atoms with van der Waals surface area (Å²) in [7, 11) is 1.76. The van der Waals surface area contributed by atoms with Crippen LogP contribution < -0.4 is 5.73 Å². The highest BCUT2D eigenvalue weighted by atomic mass is 16.4. The van der Waals surface area contributed by atoms with Crippen molar-refractivity contribution in [3.8, 4) is 11.4 Å². The van der Waals surface area contributed by atoms with Crippen molar-refractivity contribution in [1.82, 2.24) is 14.5 Å². The molecule has 2 rings (SSSR count). The van der Waals surface area contributed by atoms with Crippen LogP contribution in [0.3, 0.4) is 0 Å². The van der Waals surface area contributed by atoms with Gasteiger partial charge in [-0.05, 0) is 12.1 Å². The Balaban J connectivity index is 2.64. The third kappa shape index (κ3) is 1.78. The van der Waals surface area contributed by atoms with Gasteiger partial charge in [-0.25, -0.2) is 9.78 Å². The lowest BCUT2D eigenvalue weighted by Gasteiger charge is -2.00. The number of amides is 1. The minimum absolute atomic E-state index is 0.01000. The molecule has 2 heterocycles. The van der Waals surface area contributed by atoms with Gasteiger partial charge in [0.05, 0.1) is 5.69 Å². The molecule has 4 N–H and O–H groups in total. The van der Waals surface area contributed by atoms with Crippen LogP contribution in [0.4, 0.5) is 0 Å². The maximum atomic E-state index is 11.2. The number of nitrogens with two attached hydrogens (primary N) is 1. The van der Waals surface area contributed by atoms with Gasteiger partial charge in [0.1, 0.15) is 11.4 Å². The first-order valence-corrected chi connectivity index (χ1v) is 4.75. The molecule has 0 radical (unpaired) electrons. The van der Waals surface area contributed by atoms with Crippen molar-refractivity contribution in [2.75, 3.05) is 0 Å². The Labute approximate surface area is 95.9 Å². The Morgan fingerprint density at radius 2 is 2.24 bits per heavy atom. The summed E-state index contributed by atoms with van der Waals surface area (Å²) in [6.45, 7) is 0. The highest BCUT2D eigenvalue weighted by Crippen LogP contribution is 2.21. The van der Waals surface area contributed by atoms with Crippen molar-refractivity contribution in [3.63, 3.8) is 0 Å². The molecule has 0 aromatic carbocycles. The van der Waals surface area contributed by atoms with Gasteiger partial charge in [0.15, 0.2) is 0 Å². The summed E-state index contributed by atoms with van der Waals surface area (Å²) in [5.41, 5.74) is 6.01. The van der Waals surface area contributed by atoms with Crippen molar-refractivity contribution in [2.24, 2.45) is 12.8 Å². The van der Waals surface area contributed by atoms with E-state index in [0.29, 0.717) is 5.69 Å². The van der Waals surface area contributed by atoms with Gasteiger partial charge < -0.3 is 20.4 Å². The zero-order chi connectivity index (χ0) is 12.6. The van der Waals surface area contributed by atoms with E-state index in [1.54, 1.807) is 29.9 Å². The maximum absolute atomic E-state index is 11.2. The molecule has 0 fully saturated rings. The van der Waals surface area contributed by atoms with E-state index < -0.39 is 11.9 Å². The van der Waals surface area contributed by atoms with Gasteiger partial charge in [0.2, 0.25) is 5.82 Å². The lowest BCUT2D eigenvalue weighted by Crippen LogP contribution is -2.13. The van der Waals surface area contributed by atoms with Crippen molar-refractivity contribution >= 4 is 11.9 Å². The fourth-order valence-electron chi connectivity index (χ4n) is 1.55. The Kier molecular flexibility index (Phi) is 2.43. The number of aromatic nitrogens is 3. The van der Waals surface area contributed by atoms with E-state index in [9.17, 15) is 9.59 Å². The number of nitrogens with one attached hydrogen (secondary N) is 1. The number of carbonyl (C=O) groups excluding carboxylic acids is 1. The van der Waals surface area contributed by atoms with Crippen LogP contribution in [0.1, 0.15) is 21.1 Å². The van der Waals surface area contributed by atoms with Crippen molar-refractivity contribution < 1.29 is 14.7 Å². The first-order valence-electron chi connectivity index (χ1n) is 4.75. The van der Waals surface area contributed by atoms with E-state index in [1.165, 1.54) is 0 Å². The number of primary amides is 1. The normalized spacial score (nSPS) is 10.4. The summed E-state index contributed by atoms with van der Waals surface area (Å²) in [5.74, 6) is -2.30. The summed E-state index contributed by atoms with van der Waals surface area (Å²) >= 11 is 0. The topological polar surface area (TPSA) is 114 Å². The number of aromatic carboxylic acids is 1. The number of aromatic amines is 1. The highest BCUT2D eigenvalue weighted by molar-refractivity contribution is 5.98. The fourth-order valence-corrected chi connectivity index (χ4v) is 1.55. The van der Waals surface area contributed by atoms with Gasteiger partial charge in [-0.2, -0.15) is 0 Å². The summed E-state index contributed by atoms with van der Waals surface area (Å²) in [6, 6.07) is 3.48. The van der Waals surface area contributed by atoms with Crippen LogP contribution in [-0.4, -0.2) is 31.5 Å². The number of carbonyl (C=O) groups is 2. The van der Waals surface area contributed by atoms with E-state index >= 15 is 0 Å². The molecule has 1 amide bonds. The molecule has 88 valence electrons. The average molecular weight is 234 g/mol. The lowest BCUT2D eigenvalue weighted by molar-refractivity contribution is 0.0685. The fraction of sp³-hybridized carbons (Fsp3) is 0.100. The number of nitrogens with zero attached hydrogens (tertiary/aromatic N) is 2. The Morgan fingerprint density at radius 3 is 2.71 bits per heavy atom. The SMILES string of the molecule is Cn1cccc1-c1nc(C(=O)O)[nH]c1C(N)=O. The smallest absolute Gasteiger partial charge is 0.371 e. The number of carboxylic acid groups (broad SMARTS) is 1. The summed E-state index contributed by atoms with van der Waals surface area (Å²) in [6.07, 6.45) is 1.76. The standard InChI is InChI=1S/C10H10N4O3/c1-14-4-2-3-5(14)6-7(8(11)15)13-9(12-6)10(16)17/h2-4H,1H3,(H2,11,15)(H,12,13)(H,16,17). The maximum Gasteiger partial charge on any atom is 0.371 e. The number of aryl methyl sites for hydroxylation is 1. The first-order chi connectivity index (χ1) is 8.00. The van der Waals surface area contributed by atoms with Gasteiger partial charge in [0, 0.05) is 13.2 Å². The number of imidazole rings is 1.